The summed E-state index contributed by atoms with van der Waals surface area (Å²) in [5.74, 6) is 2.38. The molecule has 4 aliphatic carbocycles. The summed E-state index contributed by atoms with van der Waals surface area (Å²) >= 11 is 0. The standard InChI is InChI=1S/C23H33N3O2/c1-15-4-6-20(7-5-15)24-21(27)14-26(3)16(2)22(28)25-23-11-17-8-18(12-23)10-19(9-17)13-23/h4-7,16-19H,8-14H2,1-3H3,(H,24,27)(H,25,28). The molecule has 0 aliphatic heterocycles. The van der Waals surface area contributed by atoms with Crippen LogP contribution in [0.3, 0.4) is 0 Å². The van der Waals surface area contributed by atoms with Crippen molar-refractivity contribution in [2.24, 2.45) is 17.8 Å². The van der Waals surface area contributed by atoms with Crippen LogP contribution in [0, 0.1) is 24.7 Å². The zero-order chi connectivity index (χ0) is 19.9. The number of rotatable bonds is 6. The molecule has 1 unspecified atom stereocenters. The van der Waals surface area contributed by atoms with E-state index in [1.165, 1.54) is 19.3 Å². The molecule has 28 heavy (non-hydrogen) atoms. The quantitative estimate of drug-likeness (QED) is 0.792. The second-order valence-electron chi connectivity index (χ2n) is 9.69. The van der Waals surface area contributed by atoms with Crippen LogP contribution in [0.5, 0.6) is 0 Å². The van der Waals surface area contributed by atoms with Gasteiger partial charge in [0.15, 0.2) is 0 Å². The Labute approximate surface area is 168 Å². The van der Waals surface area contributed by atoms with Gasteiger partial charge in [-0.25, -0.2) is 0 Å². The zero-order valence-electron chi connectivity index (χ0n) is 17.3. The van der Waals surface area contributed by atoms with Gasteiger partial charge in [-0.05, 0) is 89.3 Å². The molecule has 0 heterocycles. The van der Waals surface area contributed by atoms with Gasteiger partial charge in [-0.2, -0.15) is 0 Å². The maximum atomic E-state index is 13.0. The minimum Gasteiger partial charge on any atom is -0.349 e. The van der Waals surface area contributed by atoms with Gasteiger partial charge in [-0.15, -0.1) is 0 Å². The van der Waals surface area contributed by atoms with Crippen LogP contribution < -0.4 is 10.6 Å². The molecular formula is C23H33N3O2. The van der Waals surface area contributed by atoms with E-state index in [-0.39, 0.29) is 29.9 Å². The van der Waals surface area contributed by atoms with Crippen molar-refractivity contribution >= 4 is 17.5 Å². The third-order valence-corrected chi connectivity index (χ3v) is 7.20. The summed E-state index contributed by atoms with van der Waals surface area (Å²) in [5, 5.41) is 6.33. The maximum absolute atomic E-state index is 13.0. The Bertz CT molecular complexity index is 707. The number of anilines is 1. The van der Waals surface area contributed by atoms with Gasteiger partial charge in [0.25, 0.3) is 0 Å². The van der Waals surface area contributed by atoms with Crippen molar-refractivity contribution in [2.45, 2.75) is 64.0 Å². The van der Waals surface area contributed by atoms with Gasteiger partial charge in [0.2, 0.25) is 11.8 Å². The molecular weight excluding hydrogens is 350 g/mol. The molecule has 5 heteroatoms. The fourth-order valence-corrected chi connectivity index (χ4v) is 6.03. The molecule has 4 fully saturated rings. The Morgan fingerprint density at radius 3 is 2.14 bits per heavy atom. The fraction of sp³-hybridized carbons (Fsp3) is 0.652. The molecule has 0 radical (unpaired) electrons. The molecule has 1 atom stereocenters. The predicted octanol–water partition coefficient (Wildman–Crippen LogP) is 3.34. The van der Waals surface area contributed by atoms with Crippen molar-refractivity contribution in [1.29, 1.82) is 0 Å². The normalized spacial score (nSPS) is 31.6. The number of amides is 2. The number of nitrogens with one attached hydrogen (secondary N) is 2. The average molecular weight is 384 g/mol. The van der Waals surface area contributed by atoms with E-state index in [2.05, 4.69) is 10.6 Å². The van der Waals surface area contributed by atoms with Gasteiger partial charge in [0, 0.05) is 11.2 Å². The molecule has 0 spiro atoms. The largest absolute Gasteiger partial charge is 0.349 e. The first kappa shape index (κ1) is 19.4. The third-order valence-electron chi connectivity index (χ3n) is 7.20. The SMILES string of the molecule is Cc1ccc(NC(=O)CN(C)C(C)C(=O)NC23CC4CC(CC(C4)C2)C3)cc1. The minimum atomic E-state index is -0.322. The first-order valence-electron chi connectivity index (χ1n) is 10.7. The topological polar surface area (TPSA) is 61.4 Å². The number of hydrogen-bond acceptors (Lipinski definition) is 3. The van der Waals surface area contributed by atoms with Crippen molar-refractivity contribution in [1.82, 2.24) is 10.2 Å². The van der Waals surface area contributed by atoms with Crippen LogP contribution >= 0.6 is 0 Å². The molecule has 2 amide bonds. The summed E-state index contributed by atoms with van der Waals surface area (Å²) in [6.45, 7) is 4.11. The summed E-state index contributed by atoms with van der Waals surface area (Å²) in [6, 6.07) is 7.42. The average Bonchev–Trinajstić information content (AvgIpc) is 2.61. The lowest BCUT2D eigenvalue weighted by atomic mass is 9.53. The molecule has 152 valence electrons. The molecule has 4 saturated carbocycles. The zero-order valence-corrected chi connectivity index (χ0v) is 17.3. The smallest absolute Gasteiger partial charge is 0.238 e. The van der Waals surface area contributed by atoms with Crippen molar-refractivity contribution in [3.05, 3.63) is 29.8 Å². The summed E-state index contributed by atoms with van der Waals surface area (Å²) in [6.07, 6.45) is 7.54. The molecule has 4 aliphatic rings. The Hall–Kier alpha value is -1.88. The van der Waals surface area contributed by atoms with Gasteiger partial charge in [0.1, 0.15) is 0 Å². The fourth-order valence-electron chi connectivity index (χ4n) is 6.03. The summed E-state index contributed by atoms with van der Waals surface area (Å²) in [4.78, 5) is 27.2. The monoisotopic (exact) mass is 383 g/mol. The molecule has 0 aromatic heterocycles. The number of carbonyl (C=O) groups excluding carboxylic acids is 2. The lowest BCUT2D eigenvalue weighted by Gasteiger charge is -2.57. The van der Waals surface area contributed by atoms with E-state index < -0.39 is 0 Å². The van der Waals surface area contributed by atoms with Crippen LogP contribution in [0.4, 0.5) is 5.69 Å². The van der Waals surface area contributed by atoms with E-state index in [4.69, 9.17) is 0 Å². The number of hydrogen-bond donors (Lipinski definition) is 2. The van der Waals surface area contributed by atoms with Crippen molar-refractivity contribution < 1.29 is 9.59 Å². The van der Waals surface area contributed by atoms with Crippen LogP contribution in [-0.2, 0) is 9.59 Å². The van der Waals surface area contributed by atoms with Gasteiger partial charge >= 0.3 is 0 Å². The first-order chi connectivity index (χ1) is 13.3. The highest BCUT2D eigenvalue weighted by atomic mass is 16.2. The first-order valence-corrected chi connectivity index (χ1v) is 10.7. The van der Waals surface area contributed by atoms with Crippen LogP contribution in [0.2, 0.25) is 0 Å². The molecule has 5 nitrogen and oxygen atoms in total. The third kappa shape index (κ3) is 4.09. The van der Waals surface area contributed by atoms with Crippen LogP contribution in [0.25, 0.3) is 0 Å². The van der Waals surface area contributed by atoms with Crippen molar-refractivity contribution in [3.8, 4) is 0 Å². The molecule has 4 bridgehead atoms. The van der Waals surface area contributed by atoms with E-state index in [0.29, 0.717) is 0 Å². The van der Waals surface area contributed by atoms with Crippen LogP contribution in [-0.4, -0.2) is 41.9 Å². The Balaban J connectivity index is 1.31. The summed E-state index contributed by atoms with van der Waals surface area (Å²) in [5.41, 5.74) is 1.96. The van der Waals surface area contributed by atoms with Gasteiger partial charge in [-0.1, -0.05) is 17.7 Å². The lowest BCUT2D eigenvalue weighted by Crippen LogP contribution is -2.62. The van der Waals surface area contributed by atoms with E-state index in [9.17, 15) is 9.59 Å². The number of benzene rings is 1. The molecule has 2 N–H and O–H groups in total. The number of carbonyl (C=O) groups is 2. The summed E-state index contributed by atoms with van der Waals surface area (Å²) < 4.78 is 0. The molecule has 1 aromatic carbocycles. The minimum absolute atomic E-state index is 0.0189. The Morgan fingerprint density at radius 1 is 1.07 bits per heavy atom. The number of nitrogens with zero attached hydrogens (tertiary/aromatic N) is 1. The van der Waals surface area contributed by atoms with E-state index >= 15 is 0 Å². The van der Waals surface area contributed by atoms with E-state index in [0.717, 1.165) is 48.3 Å². The van der Waals surface area contributed by atoms with Gasteiger partial charge in [0.05, 0.1) is 12.6 Å². The highest BCUT2D eigenvalue weighted by Crippen LogP contribution is 2.55. The second kappa shape index (κ2) is 7.51. The summed E-state index contributed by atoms with van der Waals surface area (Å²) in [7, 11) is 1.85. The number of likely N-dealkylation sites (N-methyl/N-ethyl adjacent to an activating group) is 1. The Kier molecular flexibility index (Phi) is 5.21. The van der Waals surface area contributed by atoms with Crippen molar-refractivity contribution in [2.75, 3.05) is 18.9 Å². The lowest BCUT2D eigenvalue weighted by molar-refractivity contribution is -0.131. The van der Waals surface area contributed by atoms with Crippen molar-refractivity contribution in [3.63, 3.8) is 0 Å². The Morgan fingerprint density at radius 2 is 1.61 bits per heavy atom. The van der Waals surface area contributed by atoms with Crippen LogP contribution in [0.1, 0.15) is 51.0 Å². The molecule has 5 rings (SSSR count). The molecule has 0 saturated heterocycles. The molecule has 1 aromatic rings. The highest BCUT2D eigenvalue weighted by Gasteiger charge is 2.51. The van der Waals surface area contributed by atoms with E-state index in [1.54, 1.807) is 0 Å². The predicted molar refractivity (Wildman–Crippen MR) is 111 cm³/mol. The van der Waals surface area contributed by atoms with Gasteiger partial charge < -0.3 is 10.6 Å². The maximum Gasteiger partial charge on any atom is 0.238 e. The van der Waals surface area contributed by atoms with E-state index in [1.807, 2.05) is 50.1 Å². The van der Waals surface area contributed by atoms with Gasteiger partial charge in [-0.3, -0.25) is 14.5 Å². The second-order valence-corrected chi connectivity index (χ2v) is 9.69. The van der Waals surface area contributed by atoms with Crippen LogP contribution in [0.15, 0.2) is 24.3 Å². The highest BCUT2D eigenvalue weighted by molar-refractivity contribution is 5.92. The number of aryl methyl sites for hydroxylation is 1.